The molecule has 4 rings (SSSR count). The summed E-state index contributed by atoms with van der Waals surface area (Å²) in [5.41, 5.74) is 10.3. The summed E-state index contributed by atoms with van der Waals surface area (Å²) in [6.45, 7) is -0.142. The Morgan fingerprint density at radius 1 is 1.00 bits per heavy atom. The van der Waals surface area contributed by atoms with Gasteiger partial charge in [-0.05, 0) is 54.3 Å². The summed E-state index contributed by atoms with van der Waals surface area (Å²) in [7, 11) is 0. The third kappa shape index (κ3) is 4.44. The molecule has 32 heavy (non-hydrogen) atoms. The van der Waals surface area contributed by atoms with E-state index in [0.29, 0.717) is 12.1 Å². The Labute approximate surface area is 185 Å². The van der Waals surface area contributed by atoms with Crippen LogP contribution in [0.2, 0.25) is 0 Å². The second-order valence-corrected chi connectivity index (χ2v) is 7.98. The third-order valence-electron chi connectivity index (χ3n) is 5.78. The smallest absolute Gasteiger partial charge is 0.387 e. The number of hydrogen-bond acceptors (Lipinski definition) is 2. The van der Waals surface area contributed by atoms with Gasteiger partial charge in [-0.2, -0.15) is 8.78 Å². The number of aryl methyl sites for hydroxylation is 1. The number of ether oxygens (including phenoxy) is 1. The number of nitrogens with zero attached hydrogens (tertiary/aromatic N) is 1. The first-order valence-electron chi connectivity index (χ1n) is 10.9. The maximum Gasteiger partial charge on any atom is 0.387 e. The van der Waals surface area contributed by atoms with Crippen molar-refractivity contribution in [1.82, 2.24) is 4.57 Å². The number of unbranched alkanes of at least 4 members (excludes halogenated alkanes) is 2. The molecule has 0 aliphatic rings. The van der Waals surface area contributed by atoms with E-state index in [1.165, 1.54) is 12.0 Å². The number of benzene rings is 3. The van der Waals surface area contributed by atoms with E-state index in [2.05, 4.69) is 34.4 Å². The zero-order valence-corrected chi connectivity index (χ0v) is 18.0. The van der Waals surface area contributed by atoms with Gasteiger partial charge in [0, 0.05) is 28.4 Å². The van der Waals surface area contributed by atoms with Crippen LogP contribution < -0.4 is 10.5 Å². The molecule has 4 nitrogen and oxygen atoms in total. The second kappa shape index (κ2) is 9.39. The number of nitrogens with two attached hydrogens (primary N) is 1. The predicted molar refractivity (Wildman–Crippen MR) is 123 cm³/mol. The summed E-state index contributed by atoms with van der Waals surface area (Å²) >= 11 is 0. The number of halogens is 2. The van der Waals surface area contributed by atoms with E-state index in [1.807, 2.05) is 12.1 Å². The summed E-state index contributed by atoms with van der Waals surface area (Å²) < 4.78 is 31.5. The van der Waals surface area contributed by atoms with Crippen molar-refractivity contribution in [3.05, 3.63) is 77.4 Å². The molecule has 3 aromatic carbocycles. The Hall–Kier alpha value is -3.41. The summed E-state index contributed by atoms with van der Waals surface area (Å²) in [5, 5.41) is 1.82. The highest BCUT2D eigenvalue weighted by Crippen LogP contribution is 2.33. The average molecular weight is 437 g/mol. The molecule has 4 aromatic rings. The standard InChI is InChI=1S/C26H26F2N2O2/c1-2-3-4-6-17-11-14-20-23(15-17)30(22-8-5-7-21(24(20)22)25(29)31)16-18-9-12-19(13-10-18)32-26(27)28/h5,7-15,26H,2-4,6,16H2,1H3,(H2,29,31). The van der Waals surface area contributed by atoms with Crippen LogP contribution in [0.4, 0.5) is 8.78 Å². The molecule has 0 spiro atoms. The lowest BCUT2D eigenvalue weighted by molar-refractivity contribution is -0.0498. The van der Waals surface area contributed by atoms with E-state index >= 15 is 0 Å². The third-order valence-corrected chi connectivity index (χ3v) is 5.78. The van der Waals surface area contributed by atoms with Gasteiger partial charge in [0.05, 0.1) is 5.52 Å². The Bertz CT molecular complexity index is 1250. The topological polar surface area (TPSA) is 57.2 Å². The Morgan fingerprint density at radius 3 is 2.44 bits per heavy atom. The Balaban J connectivity index is 1.81. The van der Waals surface area contributed by atoms with Gasteiger partial charge in [-0.1, -0.05) is 50.1 Å². The van der Waals surface area contributed by atoms with Crippen molar-refractivity contribution in [3.63, 3.8) is 0 Å². The number of aromatic nitrogens is 1. The first-order valence-corrected chi connectivity index (χ1v) is 10.9. The molecular weight excluding hydrogens is 410 g/mol. The van der Waals surface area contributed by atoms with Crippen LogP contribution in [-0.2, 0) is 13.0 Å². The second-order valence-electron chi connectivity index (χ2n) is 7.98. The van der Waals surface area contributed by atoms with Crippen LogP contribution in [0.5, 0.6) is 5.75 Å². The highest BCUT2D eigenvalue weighted by molar-refractivity contribution is 6.18. The minimum Gasteiger partial charge on any atom is -0.435 e. The normalized spacial score (nSPS) is 11.5. The van der Waals surface area contributed by atoms with Crippen molar-refractivity contribution in [3.8, 4) is 5.75 Å². The van der Waals surface area contributed by atoms with Gasteiger partial charge in [-0.25, -0.2) is 0 Å². The first kappa shape index (κ1) is 21.8. The van der Waals surface area contributed by atoms with Crippen molar-refractivity contribution in [2.75, 3.05) is 0 Å². The molecule has 0 aliphatic heterocycles. The molecule has 0 radical (unpaired) electrons. The molecule has 166 valence electrons. The molecule has 1 amide bonds. The zero-order chi connectivity index (χ0) is 22.7. The van der Waals surface area contributed by atoms with E-state index in [4.69, 9.17) is 5.73 Å². The monoisotopic (exact) mass is 436 g/mol. The van der Waals surface area contributed by atoms with E-state index in [-0.39, 0.29) is 5.75 Å². The van der Waals surface area contributed by atoms with E-state index in [1.54, 1.807) is 30.3 Å². The number of carbonyl (C=O) groups is 1. The van der Waals surface area contributed by atoms with Crippen molar-refractivity contribution in [1.29, 1.82) is 0 Å². The van der Waals surface area contributed by atoms with Gasteiger partial charge in [-0.15, -0.1) is 0 Å². The molecule has 1 heterocycles. The summed E-state index contributed by atoms with van der Waals surface area (Å²) in [6, 6.07) is 18.6. The highest BCUT2D eigenvalue weighted by atomic mass is 19.3. The molecule has 6 heteroatoms. The van der Waals surface area contributed by atoms with Crippen LogP contribution >= 0.6 is 0 Å². The van der Waals surface area contributed by atoms with Gasteiger partial charge in [0.15, 0.2) is 0 Å². The predicted octanol–water partition coefficient (Wildman–Crippen LogP) is 6.28. The number of fused-ring (bicyclic) bond motifs is 3. The van der Waals surface area contributed by atoms with E-state index in [9.17, 15) is 13.6 Å². The zero-order valence-electron chi connectivity index (χ0n) is 18.0. The maximum absolute atomic E-state index is 12.5. The molecule has 0 bridgehead atoms. The molecule has 2 N–H and O–H groups in total. The molecule has 0 aliphatic carbocycles. The van der Waals surface area contributed by atoms with Gasteiger partial charge in [0.25, 0.3) is 0 Å². The van der Waals surface area contributed by atoms with Crippen LogP contribution in [0.15, 0.2) is 60.7 Å². The van der Waals surface area contributed by atoms with Crippen LogP contribution in [0.3, 0.4) is 0 Å². The fourth-order valence-corrected chi connectivity index (χ4v) is 4.26. The quantitative estimate of drug-likeness (QED) is 0.314. The van der Waals surface area contributed by atoms with Crippen molar-refractivity contribution in [2.24, 2.45) is 5.73 Å². The van der Waals surface area contributed by atoms with Gasteiger partial charge < -0.3 is 15.0 Å². The number of primary amides is 1. The number of carbonyl (C=O) groups excluding carboxylic acids is 1. The lowest BCUT2D eigenvalue weighted by Gasteiger charge is -2.10. The van der Waals surface area contributed by atoms with E-state index in [0.717, 1.165) is 46.6 Å². The molecule has 0 fully saturated rings. The Kier molecular flexibility index (Phi) is 6.40. The first-order chi connectivity index (χ1) is 15.5. The summed E-state index contributed by atoms with van der Waals surface area (Å²) in [5.74, 6) is -0.338. The molecular formula is C26H26F2N2O2. The average Bonchev–Trinajstić information content (AvgIpc) is 3.08. The molecule has 0 atom stereocenters. The fraction of sp³-hybridized carbons (Fsp3) is 0.269. The van der Waals surface area contributed by atoms with E-state index < -0.39 is 12.5 Å². The van der Waals surface area contributed by atoms with Crippen molar-refractivity contribution >= 4 is 27.7 Å². The van der Waals surface area contributed by atoms with Gasteiger partial charge in [-0.3, -0.25) is 4.79 Å². The molecule has 0 saturated carbocycles. The summed E-state index contributed by atoms with van der Waals surface area (Å²) in [6.07, 6.45) is 4.46. The minimum absolute atomic E-state index is 0.125. The van der Waals surface area contributed by atoms with Crippen LogP contribution in [0.25, 0.3) is 21.8 Å². The number of alkyl halides is 2. The van der Waals surface area contributed by atoms with Crippen LogP contribution in [0, 0.1) is 0 Å². The largest absolute Gasteiger partial charge is 0.435 e. The maximum atomic E-state index is 12.5. The number of rotatable bonds is 9. The molecule has 0 unspecified atom stereocenters. The van der Waals surface area contributed by atoms with Gasteiger partial charge in [0.2, 0.25) is 5.91 Å². The highest BCUT2D eigenvalue weighted by Gasteiger charge is 2.17. The van der Waals surface area contributed by atoms with Crippen LogP contribution in [0.1, 0.15) is 47.7 Å². The Morgan fingerprint density at radius 2 is 1.75 bits per heavy atom. The van der Waals surface area contributed by atoms with Gasteiger partial charge >= 0.3 is 6.61 Å². The molecule has 0 saturated heterocycles. The van der Waals surface area contributed by atoms with Gasteiger partial charge in [0.1, 0.15) is 5.75 Å². The minimum atomic E-state index is -2.85. The number of amides is 1. The lowest BCUT2D eigenvalue weighted by Crippen LogP contribution is -2.11. The van der Waals surface area contributed by atoms with Crippen molar-refractivity contribution in [2.45, 2.75) is 45.8 Å². The number of hydrogen-bond donors (Lipinski definition) is 1. The van der Waals surface area contributed by atoms with Crippen LogP contribution in [-0.4, -0.2) is 17.1 Å². The molecule has 1 aromatic heterocycles. The summed E-state index contributed by atoms with van der Waals surface area (Å²) in [4.78, 5) is 12.1. The fourth-order valence-electron chi connectivity index (χ4n) is 4.26. The SMILES string of the molecule is CCCCCc1ccc2c3c(C(N)=O)cccc3n(Cc3ccc(OC(F)F)cc3)c2c1. The lowest BCUT2D eigenvalue weighted by atomic mass is 10.0. The van der Waals surface area contributed by atoms with Crippen molar-refractivity contribution < 1.29 is 18.3 Å².